The van der Waals surface area contributed by atoms with Gasteiger partial charge in [-0.25, -0.2) is 16.8 Å². The van der Waals surface area contributed by atoms with Crippen LogP contribution in [0.15, 0.2) is 74.9 Å². The van der Waals surface area contributed by atoms with Crippen molar-refractivity contribution in [2.24, 2.45) is 0 Å². The minimum absolute atomic E-state index is 0.0538. The summed E-state index contributed by atoms with van der Waals surface area (Å²) in [6.45, 7) is 2.20. The first-order valence-electron chi connectivity index (χ1n) is 12.5. The van der Waals surface area contributed by atoms with E-state index in [1.165, 1.54) is 54.9 Å². The maximum atomic E-state index is 13.8. The summed E-state index contributed by atoms with van der Waals surface area (Å²) in [6.07, 6.45) is 0. The van der Waals surface area contributed by atoms with E-state index in [2.05, 4.69) is 21.2 Å². The molecular formula is C27H30BrN3O8S2. The van der Waals surface area contributed by atoms with Gasteiger partial charge in [0.05, 0.1) is 42.5 Å². The molecule has 0 aromatic heterocycles. The molecule has 11 nitrogen and oxygen atoms in total. The van der Waals surface area contributed by atoms with Crippen LogP contribution in [0.2, 0.25) is 0 Å². The lowest BCUT2D eigenvalue weighted by Gasteiger charge is -2.27. The van der Waals surface area contributed by atoms with E-state index >= 15 is 0 Å². The fourth-order valence-corrected chi connectivity index (χ4v) is 7.90. The van der Waals surface area contributed by atoms with E-state index in [1.54, 1.807) is 24.3 Å². The molecule has 1 heterocycles. The van der Waals surface area contributed by atoms with E-state index in [9.17, 15) is 21.6 Å². The van der Waals surface area contributed by atoms with Crippen molar-refractivity contribution in [3.8, 4) is 11.5 Å². The molecule has 1 saturated heterocycles. The van der Waals surface area contributed by atoms with Crippen molar-refractivity contribution in [3.05, 3.63) is 70.7 Å². The van der Waals surface area contributed by atoms with Crippen molar-refractivity contribution in [3.63, 3.8) is 0 Å². The standard InChI is InChI=1S/C27H30BrN3O8S2/c1-19-4-7-21(8-5-19)31(40(33,34)22-9-11-24(37-2)23(28)17-22)18-27(32)29-20-6-10-25(38-3)26(16-20)41(35,36)30-12-14-39-15-13-30/h4-11,16-17H,12-15,18H2,1-3H3,(H,29,32). The Kier molecular flexibility index (Phi) is 9.59. The van der Waals surface area contributed by atoms with Crippen LogP contribution < -0.4 is 19.1 Å². The third kappa shape index (κ3) is 6.84. The van der Waals surface area contributed by atoms with Crippen LogP contribution in [0.5, 0.6) is 11.5 Å². The highest BCUT2D eigenvalue weighted by molar-refractivity contribution is 9.10. The second-order valence-electron chi connectivity index (χ2n) is 9.07. The van der Waals surface area contributed by atoms with Gasteiger partial charge in [-0.15, -0.1) is 0 Å². The number of amides is 1. The Morgan fingerprint density at radius 2 is 1.59 bits per heavy atom. The number of rotatable bonds is 10. The predicted molar refractivity (Wildman–Crippen MR) is 158 cm³/mol. The molecule has 1 aliphatic rings. The van der Waals surface area contributed by atoms with Gasteiger partial charge in [0.25, 0.3) is 10.0 Å². The van der Waals surface area contributed by atoms with Crippen molar-refractivity contribution in [1.29, 1.82) is 0 Å². The largest absolute Gasteiger partial charge is 0.496 e. The number of nitrogens with zero attached hydrogens (tertiary/aromatic N) is 2. The Morgan fingerprint density at radius 3 is 2.20 bits per heavy atom. The molecule has 14 heteroatoms. The van der Waals surface area contributed by atoms with Gasteiger partial charge in [-0.3, -0.25) is 9.10 Å². The zero-order valence-electron chi connectivity index (χ0n) is 22.7. The molecule has 0 unspecified atom stereocenters. The monoisotopic (exact) mass is 667 g/mol. The van der Waals surface area contributed by atoms with E-state index in [4.69, 9.17) is 14.2 Å². The third-order valence-electron chi connectivity index (χ3n) is 6.36. The van der Waals surface area contributed by atoms with E-state index < -0.39 is 32.5 Å². The highest BCUT2D eigenvalue weighted by Gasteiger charge is 2.31. The summed E-state index contributed by atoms with van der Waals surface area (Å²) >= 11 is 3.32. The zero-order valence-corrected chi connectivity index (χ0v) is 25.9. The topological polar surface area (TPSA) is 132 Å². The van der Waals surface area contributed by atoms with E-state index in [0.717, 1.165) is 9.87 Å². The molecule has 0 spiro atoms. The number of aryl methyl sites for hydroxylation is 1. The van der Waals surface area contributed by atoms with E-state index in [1.807, 2.05) is 6.92 Å². The van der Waals surface area contributed by atoms with Gasteiger partial charge in [0.2, 0.25) is 15.9 Å². The highest BCUT2D eigenvalue weighted by atomic mass is 79.9. The number of sulfonamides is 2. The SMILES string of the molecule is COc1ccc(S(=O)(=O)N(CC(=O)Nc2ccc(OC)c(S(=O)(=O)N3CCOCC3)c2)c2ccc(C)cc2)cc1Br. The number of carbonyl (C=O) groups is 1. The molecule has 0 atom stereocenters. The van der Waals surface area contributed by atoms with Gasteiger partial charge in [-0.05, 0) is 71.4 Å². The molecule has 220 valence electrons. The average molecular weight is 669 g/mol. The van der Waals surface area contributed by atoms with Crippen molar-refractivity contribution in [2.75, 3.05) is 56.7 Å². The molecule has 41 heavy (non-hydrogen) atoms. The summed E-state index contributed by atoms with van der Waals surface area (Å²) in [7, 11) is -5.33. The molecule has 3 aromatic carbocycles. The molecule has 0 radical (unpaired) electrons. The number of carbonyl (C=O) groups excluding carboxylic acids is 1. The molecule has 0 bridgehead atoms. The van der Waals surface area contributed by atoms with Gasteiger partial charge < -0.3 is 19.5 Å². The number of nitrogens with one attached hydrogen (secondary N) is 1. The van der Waals surface area contributed by atoms with Gasteiger partial charge in [0, 0.05) is 18.8 Å². The van der Waals surface area contributed by atoms with Crippen molar-refractivity contribution in [2.45, 2.75) is 16.7 Å². The molecule has 1 fully saturated rings. The maximum Gasteiger partial charge on any atom is 0.264 e. The quantitative estimate of drug-likeness (QED) is 0.347. The second-order valence-corrected chi connectivity index (χ2v) is 13.7. The molecule has 1 aliphatic heterocycles. The number of ether oxygens (including phenoxy) is 3. The molecule has 1 N–H and O–H groups in total. The Hall–Kier alpha value is -3.17. The van der Waals surface area contributed by atoms with Gasteiger partial charge >= 0.3 is 0 Å². The number of halogens is 1. The summed E-state index contributed by atoms with van der Waals surface area (Å²) in [5.41, 5.74) is 1.36. The molecule has 0 aliphatic carbocycles. The van der Waals surface area contributed by atoms with E-state index in [0.29, 0.717) is 10.2 Å². The number of hydrogen-bond donors (Lipinski definition) is 1. The number of hydrogen-bond acceptors (Lipinski definition) is 8. The lowest BCUT2D eigenvalue weighted by Crippen LogP contribution is -2.40. The van der Waals surface area contributed by atoms with Gasteiger partial charge in [-0.2, -0.15) is 4.31 Å². The van der Waals surface area contributed by atoms with Gasteiger partial charge in [-0.1, -0.05) is 17.7 Å². The van der Waals surface area contributed by atoms with Crippen LogP contribution in [-0.2, 0) is 29.6 Å². The van der Waals surface area contributed by atoms with Crippen LogP contribution >= 0.6 is 15.9 Å². The highest BCUT2D eigenvalue weighted by Crippen LogP contribution is 2.32. The summed E-state index contributed by atoms with van der Waals surface area (Å²) in [5, 5.41) is 2.64. The fraction of sp³-hybridized carbons (Fsp3) is 0.296. The molecule has 4 rings (SSSR count). The third-order valence-corrected chi connectivity index (χ3v) is 10.7. The first-order chi connectivity index (χ1) is 19.5. The van der Waals surface area contributed by atoms with Crippen molar-refractivity contribution < 1.29 is 35.8 Å². The minimum atomic E-state index is -4.21. The van der Waals surface area contributed by atoms with Crippen LogP contribution in [0.3, 0.4) is 0 Å². The lowest BCUT2D eigenvalue weighted by atomic mass is 10.2. The van der Waals surface area contributed by atoms with Crippen molar-refractivity contribution >= 4 is 53.3 Å². The van der Waals surface area contributed by atoms with Crippen LogP contribution in [0.4, 0.5) is 11.4 Å². The van der Waals surface area contributed by atoms with Crippen LogP contribution in [0, 0.1) is 6.92 Å². The summed E-state index contributed by atoms with van der Waals surface area (Å²) in [6, 6.07) is 15.2. The summed E-state index contributed by atoms with van der Waals surface area (Å²) in [4.78, 5) is 13.1. The van der Waals surface area contributed by atoms with Crippen molar-refractivity contribution in [1.82, 2.24) is 4.31 Å². The van der Waals surface area contributed by atoms with Gasteiger partial charge in [0.15, 0.2) is 0 Å². The fourth-order valence-electron chi connectivity index (χ4n) is 4.17. The smallest absolute Gasteiger partial charge is 0.264 e. The predicted octanol–water partition coefficient (Wildman–Crippen LogP) is 3.63. The van der Waals surface area contributed by atoms with Gasteiger partial charge in [0.1, 0.15) is 22.9 Å². The minimum Gasteiger partial charge on any atom is -0.496 e. The molecule has 3 aromatic rings. The Morgan fingerprint density at radius 1 is 0.951 bits per heavy atom. The number of benzene rings is 3. The average Bonchev–Trinajstić information content (AvgIpc) is 2.96. The van der Waals surface area contributed by atoms with Crippen LogP contribution in [0.1, 0.15) is 5.56 Å². The Bertz CT molecular complexity index is 1620. The number of morpholine rings is 1. The first-order valence-corrected chi connectivity index (χ1v) is 16.1. The molecule has 1 amide bonds. The maximum absolute atomic E-state index is 13.8. The Balaban J connectivity index is 1.65. The summed E-state index contributed by atoms with van der Waals surface area (Å²) < 4.78 is 72.7. The number of anilines is 2. The lowest BCUT2D eigenvalue weighted by molar-refractivity contribution is -0.114. The van der Waals surface area contributed by atoms with E-state index in [-0.39, 0.29) is 53.2 Å². The van der Waals surface area contributed by atoms with Crippen LogP contribution in [-0.4, -0.2) is 74.1 Å². The summed E-state index contributed by atoms with van der Waals surface area (Å²) in [5.74, 6) is -0.115. The second kappa shape index (κ2) is 12.8. The first kappa shape index (κ1) is 30.8. The molecule has 0 saturated carbocycles. The number of methoxy groups -OCH3 is 2. The Labute approximate surface area is 248 Å². The zero-order chi connectivity index (χ0) is 29.8. The molecular weight excluding hydrogens is 638 g/mol. The normalized spacial score (nSPS) is 14.3. The van der Waals surface area contributed by atoms with Crippen LogP contribution in [0.25, 0.3) is 0 Å².